The van der Waals surface area contributed by atoms with E-state index in [0.717, 1.165) is 32.3 Å². The number of para-hydroxylation sites is 1. The van der Waals surface area contributed by atoms with Crippen molar-refractivity contribution in [2.24, 2.45) is 0 Å². The van der Waals surface area contributed by atoms with Crippen molar-refractivity contribution >= 4 is 11.6 Å². The van der Waals surface area contributed by atoms with Crippen molar-refractivity contribution in [1.29, 1.82) is 0 Å². The Balaban J connectivity index is 1.68. The number of carbonyl (C=O) groups excluding carboxylic acids is 1. The third-order valence-electron chi connectivity index (χ3n) is 4.57. The summed E-state index contributed by atoms with van der Waals surface area (Å²) in [6.45, 7) is 3.44. The molecule has 0 aliphatic carbocycles. The first kappa shape index (κ1) is 15.4. The Kier molecular flexibility index (Phi) is 4.74. The molecule has 0 aromatic heterocycles. The first-order chi connectivity index (χ1) is 10.7. The summed E-state index contributed by atoms with van der Waals surface area (Å²) in [5.74, 6) is -0.384. The molecule has 1 N–H and O–H groups in total. The number of hydrogen-bond donors (Lipinski definition) is 1. The van der Waals surface area contributed by atoms with Crippen LogP contribution in [0, 0.1) is 5.82 Å². The third-order valence-corrected chi connectivity index (χ3v) is 4.57. The molecule has 0 unspecified atom stereocenters. The Morgan fingerprint density at radius 2 is 2.14 bits per heavy atom. The van der Waals surface area contributed by atoms with Crippen LogP contribution >= 0.6 is 0 Å². The highest BCUT2D eigenvalue weighted by atomic mass is 19.1. The predicted octanol–water partition coefficient (Wildman–Crippen LogP) is 2.48. The van der Waals surface area contributed by atoms with Gasteiger partial charge >= 0.3 is 0 Å². The van der Waals surface area contributed by atoms with E-state index < -0.39 is 0 Å². The van der Waals surface area contributed by atoms with Crippen LogP contribution in [-0.2, 0) is 9.53 Å². The smallest absolute Gasteiger partial charge is 0.244 e. The minimum atomic E-state index is -0.344. The van der Waals surface area contributed by atoms with Gasteiger partial charge in [0.25, 0.3) is 0 Å². The summed E-state index contributed by atoms with van der Waals surface area (Å²) >= 11 is 0. The molecule has 22 heavy (non-hydrogen) atoms. The lowest BCUT2D eigenvalue weighted by Crippen LogP contribution is -2.55. The molecular formula is C17H23FN2O2. The molecule has 4 nitrogen and oxygen atoms in total. The Hall–Kier alpha value is -1.46. The Bertz CT molecular complexity index is 531. The first-order valence-electron chi connectivity index (χ1n) is 8.10. The highest BCUT2D eigenvalue weighted by molar-refractivity contribution is 5.98. The molecule has 1 aromatic carbocycles. The van der Waals surface area contributed by atoms with E-state index in [1.54, 1.807) is 23.1 Å². The highest BCUT2D eigenvalue weighted by Crippen LogP contribution is 2.25. The van der Waals surface area contributed by atoms with Crippen molar-refractivity contribution in [2.75, 3.05) is 18.1 Å². The SMILES string of the molecule is C[C@H](N[C@@H]1CCCN(c2ccccc2F)C1=O)[C@@H]1CCCO1. The molecule has 0 bridgehead atoms. The van der Waals surface area contributed by atoms with Crippen LogP contribution in [0.4, 0.5) is 10.1 Å². The number of rotatable bonds is 4. The highest BCUT2D eigenvalue weighted by Gasteiger charge is 2.33. The normalized spacial score (nSPS) is 27.2. The summed E-state index contributed by atoms with van der Waals surface area (Å²) in [5, 5.41) is 3.39. The molecule has 2 fully saturated rings. The molecule has 2 aliphatic heterocycles. The molecule has 3 atom stereocenters. The predicted molar refractivity (Wildman–Crippen MR) is 83.3 cm³/mol. The maximum atomic E-state index is 13.9. The molecule has 2 aliphatic rings. The van der Waals surface area contributed by atoms with Gasteiger partial charge in [0.05, 0.1) is 17.8 Å². The fraction of sp³-hybridized carbons (Fsp3) is 0.588. The average molecular weight is 306 g/mol. The van der Waals surface area contributed by atoms with Crippen LogP contribution in [0.25, 0.3) is 0 Å². The van der Waals surface area contributed by atoms with Gasteiger partial charge in [0.15, 0.2) is 0 Å². The topological polar surface area (TPSA) is 41.6 Å². The summed E-state index contributed by atoms with van der Waals surface area (Å²) in [7, 11) is 0. The second-order valence-corrected chi connectivity index (χ2v) is 6.14. The minimum absolute atomic E-state index is 0.0406. The monoisotopic (exact) mass is 306 g/mol. The first-order valence-corrected chi connectivity index (χ1v) is 8.10. The molecule has 2 saturated heterocycles. The number of carbonyl (C=O) groups is 1. The van der Waals surface area contributed by atoms with Crippen molar-refractivity contribution in [3.8, 4) is 0 Å². The van der Waals surface area contributed by atoms with Crippen LogP contribution in [0.1, 0.15) is 32.6 Å². The zero-order valence-corrected chi connectivity index (χ0v) is 12.9. The van der Waals surface area contributed by atoms with E-state index in [9.17, 15) is 9.18 Å². The quantitative estimate of drug-likeness (QED) is 0.929. The molecule has 3 rings (SSSR count). The van der Waals surface area contributed by atoms with E-state index in [1.165, 1.54) is 6.07 Å². The van der Waals surface area contributed by atoms with E-state index in [0.29, 0.717) is 12.2 Å². The van der Waals surface area contributed by atoms with E-state index in [-0.39, 0.29) is 29.9 Å². The van der Waals surface area contributed by atoms with Crippen LogP contribution in [0.5, 0.6) is 0 Å². The fourth-order valence-electron chi connectivity index (χ4n) is 3.36. The molecule has 1 amide bonds. The van der Waals surface area contributed by atoms with Gasteiger partial charge in [-0.05, 0) is 44.7 Å². The van der Waals surface area contributed by atoms with Gasteiger partial charge in [-0.3, -0.25) is 4.79 Å². The number of halogens is 1. The lowest BCUT2D eigenvalue weighted by atomic mass is 10.0. The van der Waals surface area contributed by atoms with Gasteiger partial charge in [0.2, 0.25) is 5.91 Å². The summed E-state index contributed by atoms with van der Waals surface area (Å²) < 4.78 is 19.6. The number of amides is 1. The standard InChI is InChI=1S/C17H23FN2O2/c1-12(16-9-5-11-22-16)19-14-7-4-10-20(17(14)21)15-8-3-2-6-13(15)18/h2-3,6,8,12,14,16,19H,4-5,7,9-11H2,1H3/t12-,14+,16-/m0/s1. The fourth-order valence-corrected chi connectivity index (χ4v) is 3.36. The number of nitrogens with zero attached hydrogens (tertiary/aromatic N) is 1. The molecule has 1 aromatic rings. The number of nitrogens with one attached hydrogen (secondary N) is 1. The number of anilines is 1. The lowest BCUT2D eigenvalue weighted by Gasteiger charge is -2.35. The third kappa shape index (κ3) is 3.15. The van der Waals surface area contributed by atoms with Crippen LogP contribution in [0.15, 0.2) is 24.3 Å². The van der Waals surface area contributed by atoms with Gasteiger partial charge in [-0.2, -0.15) is 0 Å². The van der Waals surface area contributed by atoms with E-state index >= 15 is 0 Å². The summed E-state index contributed by atoms with van der Waals surface area (Å²) in [6, 6.07) is 6.35. The van der Waals surface area contributed by atoms with Crippen molar-refractivity contribution in [3.05, 3.63) is 30.1 Å². The molecule has 5 heteroatoms. The Labute approximate surface area is 130 Å². The van der Waals surface area contributed by atoms with Gasteiger partial charge in [0.1, 0.15) is 5.82 Å². The lowest BCUT2D eigenvalue weighted by molar-refractivity contribution is -0.122. The minimum Gasteiger partial charge on any atom is -0.377 e. The number of benzene rings is 1. The van der Waals surface area contributed by atoms with Crippen molar-refractivity contribution in [2.45, 2.75) is 50.8 Å². The largest absolute Gasteiger partial charge is 0.377 e. The summed E-state index contributed by atoms with van der Waals surface area (Å²) in [6.07, 6.45) is 3.95. The molecule has 120 valence electrons. The molecule has 2 heterocycles. The maximum Gasteiger partial charge on any atom is 0.244 e. The Morgan fingerprint density at radius 3 is 2.86 bits per heavy atom. The second-order valence-electron chi connectivity index (χ2n) is 6.14. The Morgan fingerprint density at radius 1 is 1.32 bits per heavy atom. The zero-order chi connectivity index (χ0) is 15.5. The molecule has 0 spiro atoms. The van der Waals surface area contributed by atoms with Gasteiger partial charge < -0.3 is 15.0 Å². The van der Waals surface area contributed by atoms with Gasteiger partial charge in [-0.1, -0.05) is 12.1 Å². The van der Waals surface area contributed by atoms with Crippen LogP contribution in [0.3, 0.4) is 0 Å². The van der Waals surface area contributed by atoms with E-state index in [2.05, 4.69) is 12.2 Å². The van der Waals surface area contributed by atoms with Crippen molar-refractivity contribution in [1.82, 2.24) is 5.32 Å². The molecular weight excluding hydrogens is 283 g/mol. The summed E-state index contributed by atoms with van der Waals surface area (Å²) in [5.41, 5.74) is 0.378. The van der Waals surface area contributed by atoms with Crippen LogP contribution < -0.4 is 10.2 Å². The van der Waals surface area contributed by atoms with Crippen molar-refractivity contribution < 1.29 is 13.9 Å². The van der Waals surface area contributed by atoms with E-state index in [1.807, 2.05) is 0 Å². The molecule has 0 radical (unpaired) electrons. The summed E-state index contributed by atoms with van der Waals surface area (Å²) in [4.78, 5) is 14.3. The average Bonchev–Trinajstić information content (AvgIpc) is 3.05. The van der Waals surface area contributed by atoms with Crippen LogP contribution in [-0.4, -0.2) is 37.2 Å². The van der Waals surface area contributed by atoms with E-state index in [4.69, 9.17) is 4.74 Å². The number of piperidine rings is 1. The zero-order valence-electron chi connectivity index (χ0n) is 12.9. The second kappa shape index (κ2) is 6.75. The molecule has 0 saturated carbocycles. The number of ether oxygens (including phenoxy) is 1. The van der Waals surface area contributed by atoms with Crippen molar-refractivity contribution in [3.63, 3.8) is 0 Å². The van der Waals surface area contributed by atoms with Gasteiger partial charge in [-0.15, -0.1) is 0 Å². The van der Waals surface area contributed by atoms with Gasteiger partial charge in [-0.25, -0.2) is 4.39 Å². The van der Waals surface area contributed by atoms with Crippen LogP contribution in [0.2, 0.25) is 0 Å². The number of hydrogen-bond acceptors (Lipinski definition) is 3. The van der Waals surface area contributed by atoms with Gasteiger partial charge in [0, 0.05) is 19.2 Å². The maximum absolute atomic E-state index is 13.9.